The van der Waals surface area contributed by atoms with E-state index in [0.29, 0.717) is 0 Å². The Morgan fingerprint density at radius 1 is 0.257 bits per heavy atom. The van der Waals surface area contributed by atoms with E-state index in [1.165, 1.54) is 170 Å². The topological polar surface area (TPSA) is 60.0 Å². The van der Waals surface area contributed by atoms with Gasteiger partial charge in [0.25, 0.3) is 0 Å². The van der Waals surface area contributed by atoms with Gasteiger partial charge in [0.2, 0.25) is 0 Å². The van der Waals surface area contributed by atoms with Gasteiger partial charge >= 0.3 is 0 Å². The molecule has 0 unspecified atom stereocenters. The first-order valence-electron chi connectivity index (χ1n) is 15.8. The summed E-state index contributed by atoms with van der Waals surface area (Å²) < 4.78 is 2.87. The fraction of sp³-hybridized carbons (Fsp3) is 1.00. The molecule has 0 aliphatic rings. The van der Waals surface area contributed by atoms with Crippen molar-refractivity contribution in [2.24, 2.45) is 0 Å². The van der Waals surface area contributed by atoms with Crippen LogP contribution in [0, 0.1) is 0 Å². The number of rotatable bonds is 26. The molecule has 0 aromatic rings. The summed E-state index contributed by atoms with van der Waals surface area (Å²) in [4.78, 5) is 0. The van der Waals surface area contributed by atoms with E-state index in [9.17, 15) is 0 Å². The maximum atomic E-state index is 2.38. The third-order valence-electron chi connectivity index (χ3n) is 8.18. The zero-order chi connectivity index (χ0) is 24.7. The number of quaternary nitrogens is 2. The second-order valence-corrected chi connectivity index (χ2v) is 11.4. The quantitative estimate of drug-likeness (QED) is 0.0874. The largest absolute Gasteiger partial charge is 0.870 e. The van der Waals surface area contributed by atoms with Crippen LogP contribution in [0.5, 0.6) is 0 Å². The Balaban J connectivity index is -0.00000512. The van der Waals surface area contributed by atoms with Gasteiger partial charge in [-0.05, 0) is 70.6 Å². The molecule has 0 aliphatic carbocycles. The Morgan fingerprint density at radius 3 is 0.686 bits per heavy atom. The van der Waals surface area contributed by atoms with Gasteiger partial charge in [-0.3, -0.25) is 0 Å². The fourth-order valence-corrected chi connectivity index (χ4v) is 5.75. The molecule has 0 rings (SSSR count). The summed E-state index contributed by atoms with van der Waals surface area (Å²) in [5, 5.41) is 0. The van der Waals surface area contributed by atoms with Gasteiger partial charge in [0.15, 0.2) is 0 Å². The van der Waals surface area contributed by atoms with Crippen LogP contribution < -0.4 is 0 Å². The van der Waals surface area contributed by atoms with E-state index < -0.39 is 0 Å². The van der Waals surface area contributed by atoms with E-state index in [1.54, 1.807) is 0 Å². The number of unbranched alkanes of at least 4 members (excludes halogenated alkanes) is 10. The molecule has 0 spiro atoms. The Labute approximate surface area is 223 Å². The molecule has 216 valence electrons. The molecule has 4 nitrogen and oxygen atoms in total. The highest BCUT2D eigenvalue weighted by Crippen LogP contribution is 2.20. The third-order valence-corrected chi connectivity index (χ3v) is 8.18. The first-order valence-corrected chi connectivity index (χ1v) is 15.8. The smallest absolute Gasteiger partial charge is 0.0786 e. The molecule has 0 aromatic carbocycles. The second-order valence-electron chi connectivity index (χ2n) is 11.4. The molecule has 0 saturated heterocycles. The minimum absolute atomic E-state index is 0. The Bertz CT molecular complexity index is 374. The molecule has 0 aromatic heterocycles. The highest BCUT2D eigenvalue weighted by atomic mass is 16.0. The Kier molecular flexibility index (Phi) is 30.2. The van der Waals surface area contributed by atoms with Crippen molar-refractivity contribution in [3.8, 4) is 0 Å². The molecule has 0 fully saturated rings. The summed E-state index contributed by atoms with van der Waals surface area (Å²) in [5.41, 5.74) is 0. The summed E-state index contributed by atoms with van der Waals surface area (Å²) >= 11 is 0. The van der Waals surface area contributed by atoms with Gasteiger partial charge in [-0.1, -0.05) is 80.1 Å². The summed E-state index contributed by atoms with van der Waals surface area (Å²) in [6, 6.07) is 0. The monoisotopic (exact) mass is 503 g/mol. The highest BCUT2D eigenvalue weighted by Gasteiger charge is 2.27. The molecule has 0 saturated carbocycles. The predicted octanol–water partition coefficient (Wildman–Crippen LogP) is 9.02. The van der Waals surface area contributed by atoms with Crippen LogP contribution in [0.15, 0.2) is 0 Å². The van der Waals surface area contributed by atoms with Crippen molar-refractivity contribution in [3.05, 3.63) is 0 Å². The van der Waals surface area contributed by atoms with Gasteiger partial charge in [-0.2, -0.15) is 0 Å². The van der Waals surface area contributed by atoms with Gasteiger partial charge in [-0.25, -0.2) is 0 Å². The fourth-order valence-electron chi connectivity index (χ4n) is 5.75. The van der Waals surface area contributed by atoms with Crippen molar-refractivity contribution in [2.45, 2.75) is 151 Å². The van der Waals surface area contributed by atoms with E-state index >= 15 is 0 Å². The normalized spacial score (nSPS) is 11.8. The number of nitrogens with zero attached hydrogens (tertiary/aromatic N) is 2. The van der Waals surface area contributed by atoms with Crippen LogP contribution in [0.25, 0.3) is 0 Å². The van der Waals surface area contributed by atoms with Gasteiger partial charge in [0.05, 0.1) is 52.4 Å². The van der Waals surface area contributed by atoms with Crippen molar-refractivity contribution in [1.82, 2.24) is 0 Å². The minimum atomic E-state index is 0. The average molecular weight is 503 g/mol. The molecular formula is C31H70N2O2. The molecule has 0 atom stereocenters. The second kappa shape index (κ2) is 26.9. The van der Waals surface area contributed by atoms with Crippen LogP contribution in [0.1, 0.15) is 151 Å². The third kappa shape index (κ3) is 19.6. The maximum Gasteiger partial charge on any atom is 0.0786 e. The molecule has 0 amide bonds. The van der Waals surface area contributed by atoms with E-state index in [-0.39, 0.29) is 11.0 Å². The lowest BCUT2D eigenvalue weighted by Gasteiger charge is -2.40. The zero-order valence-electron chi connectivity index (χ0n) is 25.5. The molecule has 4 heteroatoms. The summed E-state index contributed by atoms with van der Waals surface area (Å²) in [6.45, 7) is 25.7. The van der Waals surface area contributed by atoms with Gasteiger partial charge in [0.1, 0.15) is 0 Å². The average Bonchev–Trinajstić information content (AvgIpc) is 2.84. The molecule has 0 heterocycles. The van der Waals surface area contributed by atoms with Crippen LogP contribution in [-0.2, 0) is 0 Å². The van der Waals surface area contributed by atoms with Gasteiger partial charge < -0.3 is 19.9 Å². The van der Waals surface area contributed by atoms with Crippen LogP contribution in [0.4, 0.5) is 0 Å². The lowest BCUT2D eigenvalue weighted by Crippen LogP contribution is -2.51. The molecule has 35 heavy (non-hydrogen) atoms. The minimum Gasteiger partial charge on any atom is -0.870 e. The van der Waals surface area contributed by atoms with E-state index in [1.807, 2.05) is 0 Å². The highest BCUT2D eigenvalue weighted by molar-refractivity contribution is 4.54. The van der Waals surface area contributed by atoms with Crippen molar-refractivity contribution in [1.29, 1.82) is 0 Å². The van der Waals surface area contributed by atoms with E-state index in [0.717, 1.165) is 0 Å². The van der Waals surface area contributed by atoms with Gasteiger partial charge in [0, 0.05) is 0 Å². The van der Waals surface area contributed by atoms with Crippen LogP contribution >= 0.6 is 0 Å². The SMILES string of the molecule is CCCCC[N+](CCCC)(CCCC)CCCCCC[N+](CCCC)(CCCC)CCCC.[OH-].[OH-]. The number of hydrogen-bond donors (Lipinski definition) is 0. The molecule has 0 radical (unpaired) electrons. The van der Waals surface area contributed by atoms with E-state index in [2.05, 4.69) is 41.5 Å². The first-order chi connectivity index (χ1) is 16.1. The molecule has 2 N–H and O–H groups in total. The molecule has 0 bridgehead atoms. The van der Waals surface area contributed by atoms with Gasteiger partial charge in [-0.15, -0.1) is 0 Å². The van der Waals surface area contributed by atoms with E-state index in [4.69, 9.17) is 0 Å². The summed E-state index contributed by atoms with van der Waals surface area (Å²) in [6.07, 6.45) is 23.9. The van der Waals surface area contributed by atoms with Crippen molar-refractivity contribution >= 4 is 0 Å². The lowest BCUT2D eigenvalue weighted by atomic mass is 10.1. The van der Waals surface area contributed by atoms with Crippen molar-refractivity contribution in [3.63, 3.8) is 0 Å². The zero-order valence-corrected chi connectivity index (χ0v) is 25.5. The Morgan fingerprint density at radius 2 is 0.457 bits per heavy atom. The molecule has 0 aliphatic heterocycles. The Hall–Kier alpha value is -0.160. The van der Waals surface area contributed by atoms with Crippen molar-refractivity contribution in [2.75, 3.05) is 52.4 Å². The summed E-state index contributed by atoms with van der Waals surface area (Å²) in [5.74, 6) is 0. The predicted molar refractivity (Wildman–Crippen MR) is 156 cm³/mol. The summed E-state index contributed by atoms with van der Waals surface area (Å²) in [7, 11) is 0. The van der Waals surface area contributed by atoms with Crippen molar-refractivity contribution < 1.29 is 19.9 Å². The van der Waals surface area contributed by atoms with Crippen LogP contribution in [0.3, 0.4) is 0 Å². The molecular weight excluding hydrogens is 432 g/mol. The first kappa shape index (κ1) is 39.4. The lowest BCUT2D eigenvalue weighted by molar-refractivity contribution is -0.929. The number of hydrogen-bond acceptors (Lipinski definition) is 2. The maximum absolute atomic E-state index is 2.38. The van der Waals surface area contributed by atoms with Crippen LogP contribution in [-0.4, -0.2) is 72.3 Å². The standard InChI is InChI=1S/C31H68N2.2H2O/c1-7-13-21-29-33(27-17-11-5,28-18-12-6)31-23-20-19-22-30-32(24-14-8-2,25-15-9-3)26-16-10-4;;/h7-31H2,1-6H3;2*1H2/q+2;;/p-2. The van der Waals surface area contributed by atoms with Crippen LogP contribution in [0.2, 0.25) is 0 Å².